The molecular weight excluding hydrogens is 276 g/mol. The van der Waals surface area contributed by atoms with Gasteiger partial charge in [-0.25, -0.2) is 0 Å². The van der Waals surface area contributed by atoms with Gasteiger partial charge in [-0.2, -0.15) is 0 Å². The maximum Gasteiger partial charge on any atom is 0.158 e. The standard InChI is InChI=1S/C19H28O3/c1-18-8-7-15-13(14(18)5-6-16(18)21)4-3-11-9-12(20)10-17(22)19(11,15)2/h9,13-17,21-22H,3-8,10H2,1-2H3/t13-,14-,15-,16-,17?,18-,19-/m0/s1. The fourth-order valence-corrected chi connectivity index (χ4v) is 6.58. The van der Waals surface area contributed by atoms with Crippen LogP contribution in [0.1, 0.15) is 58.8 Å². The van der Waals surface area contributed by atoms with Gasteiger partial charge in [0.05, 0.1) is 12.2 Å². The normalized spacial score (nSPS) is 54.3. The number of aliphatic hydroxyl groups excluding tert-OH is 2. The third kappa shape index (κ3) is 1.73. The van der Waals surface area contributed by atoms with Crippen molar-refractivity contribution in [2.24, 2.45) is 28.6 Å². The van der Waals surface area contributed by atoms with Crippen molar-refractivity contribution in [3.05, 3.63) is 11.6 Å². The minimum Gasteiger partial charge on any atom is -0.393 e. The molecule has 4 aliphatic rings. The van der Waals surface area contributed by atoms with Gasteiger partial charge in [0.15, 0.2) is 5.78 Å². The van der Waals surface area contributed by atoms with E-state index in [4.69, 9.17) is 0 Å². The van der Waals surface area contributed by atoms with Crippen molar-refractivity contribution in [1.29, 1.82) is 0 Å². The highest BCUT2D eigenvalue weighted by atomic mass is 16.3. The molecule has 0 spiro atoms. The Hall–Kier alpha value is -0.670. The minimum atomic E-state index is -0.525. The van der Waals surface area contributed by atoms with E-state index in [0.717, 1.165) is 38.5 Å². The summed E-state index contributed by atoms with van der Waals surface area (Å²) in [5, 5.41) is 21.2. The topological polar surface area (TPSA) is 57.5 Å². The zero-order valence-electron chi connectivity index (χ0n) is 13.7. The molecule has 0 aliphatic heterocycles. The van der Waals surface area contributed by atoms with E-state index in [1.165, 1.54) is 5.57 Å². The van der Waals surface area contributed by atoms with Crippen LogP contribution in [0.2, 0.25) is 0 Å². The zero-order chi connectivity index (χ0) is 15.7. The number of aliphatic hydroxyl groups is 2. The maximum atomic E-state index is 11.8. The Bertz CT molecular complexity index is 539. The Labute approximate surface area is 132 Å². The number of hydrogen-bond acceptors (Lipinski definition) is 3. The van der Waals surface area contributed by atoms with Crippen LogP contribution in [-0.4, -0.2) is 28.2 Å². The van der Waals surface area contributed by atoms with E-state index in [0.29, 0.717) is 17.8 Å². The first-order valence-corrected chi connectivity index (χ1v) is 8.97. The smallest absolute Gasteiger partial charge is 0.158 e. The third-order valence-corrected chi connectivity index (χ3v) is 8.02. The summed E-state index contributed by atoms with van der Waals surface area (Å²) in [4.78, 5) is 11.8. The lowest BCUT2D eigenvalue weighted by Crippen LogP contribution is -2.55. The summed E-state index contributed by atoms with van der Waals surface area (Å²) in [6, 6.07) is 0. The molecule has 4 rings (SSSR count). The summed E-state index contributed by atoms with van der Waals surface area (Å²) < 4.78 is 0. The number of carbonyl (C=O) groups is 1. The molecule has 0 aromatic carbocycles. The van der Waals surface area contributed by atoms with Crippen LogP contribution < -0.4 is 0 Å². The van der Waals surface area contributed by atoms with Crippen LogP contribution in [0.25, 0.3) is 0 Å². The van der Waals surface area contributed by atoms with Gasteiger partial charge >= 0.3 is 0 Å². The molecule has 3 heteroatoms. The van der Waals surface area contributed by atoms with Crippen LogP contribution in [0, 0.1) is 28.6 Å². The van der Waals surface area contributed by atoms with E-state index < -0.39 is 6.10 Å². The van der Waals surface area contributed by atoms with E-state index in [-0.39, 0.29) is 29.1 Å². The average Bonchev–Trinajstić information content (AvgIpc) is 2.77. The van der Waals surface area contributed by atoms with E-state index in [1.807, 2.05) is 6.08 Å². The molecule has 2 N–H and O–H groups in total. The number of carbonyl (C=O) groups excluding carboxylic acids is 1. The van der Waals surface area contributed by atoms with E-state index in [2.05, 4.69) is 13.8 Å². The van der Waals surface area contributed by atoms with E-state index in [9.17, 15) is 15.0 Å². The van der Waals surface area contributed by atoms with E-state index in [1.54, 1.807) is 0 Å². The van der Waals surface area contributed by atoms with Crippen LogP contribution in [0.15, 0.2) is 11.6 Å². The molecule has 0 saturated heterocycles. The number of fused-ring (bicyclic) bond motifs is 5. The monoisotopic (exact) mass is 304 g/mol. The number of hydrogen-bond donors (Lipinski definition) is 2. The number of rotatable bonds is 0. The lowest BCUT2D eigenvalue weighted by atomic mass is 9.47. The molecule has 7 atom stereocenters. The first-order chi connectivity index (χ1) is 10.4. The molecule has 22 heavy (non-hydrogen) atoms. The van der Waals surface area contributed by atoms with Gasteiger partial charge < -0.3 is 10.2 Å². The minimum absolute atomic E-state index is 0.0776. The summed E-state index contributed by atoms with van der Waals surface area (Å²) in [6.45, 7) is 4.47. The average molecular weight is 304 g/mol. The Morgan fingerprint density at radius 1 is 1.05 bits per heavy atom. The number of ketones is 1. The molecule has 3 fully saturated rings. The highest BCUT2D eigenvalue weighted by molar-refractivity contribution is 5.92. The molecule has 0 aromatic heterocycles. The molecule has 0 bridgehead atoms. The van der Waals surface area contributed by atoms with Crippen LogP contribution >= 0.6 is 0 Å². The van der Waals surface area contributed by atoms with Gasteiger partial charge in [0, 0.05) is 11.8 Å². The van der Waals surface area contributed by atoms with Gasteiger partial charge in [-0.1, -0.05) is 19.4 Å². The first-order valence-electron chi connectivity index (χ1n) is 8.97. The van der Waals surface area contributed by atoms with Crippen LogP contribution in [0.4, 0.5) is 0 Å². The van der Waals surface area contributed by atoms with Gasteiger partial charge in [0.1, 0.15) is 0 Å². The molecule has 3 nitrogen and oxygen atoms in total. The van der Waals surface area contributed by atoms with Crippen molar-refractivity contribution in [2.75, 3.05) is 0 Å². The fourth-order valence-electron chi connectivity index (χ4n) is 6.58. The van der Waals surface area contributed by atoms with Gasteiger partial charge in [0.2, 0.25) is 0 Å². The van der Waals surface area contributed by atoms with Gasteiger partial charge in [-0.3, -0.25) is 4.79 Å². The molecule has 4 aliphatic carbocycles. The van der Waals surface area contributed by atoms with Crippen molar-refractivity contribution in [3.8, 4) is 0 Å². The Morgan fingerprint density at radius 2 is 1.82 bits per heavy atom. The second-order valence-electron chi connectivity index (χ2n) is 8.69. The lowest BCUT2D eigenvalue weighted by Gasteiger charge is -2.58. The Morgan fingerprint density at radius 3 is 2.59 bits per heavy atom. The zero-order valence-corrected chi connectivity index (χ0v) is 13.7. The molecular formula is C19H28O3. The summed E-state index contributed by atoms with van der Waals surface area (Å²) in [5.74, 6) is 1.75. The molecule has 122 valence electrons. The summed E-state index contributed by atoms with van der Waals surface area (Å²) >= 11 is 0. The van der Waals surface area contributed by atoms with E-state index >= 15 is 0 Å². The molecule has 3 saturated carbocycles. The van der Waals surface area contributed by atoms with Crippen LogP contribution in [0.3, 0.4) is 0 Å². The quantitative estimate of drug-likeness (QED) is 0.723. The van der Waals surface area contributed by atoms with Crippen molar-refractivity contribution in [3.63, 3.8) is 0 Å². The third-order valence-electron chi connectivity index (χ3n) is 8.02. The van der Waals surface area contributed by atoms with Gasteiger partial charge in [-0.15, -0.1) is 0 Å². The second-order valence-corrected chi connectivity index (χ2v) is 8.69. The van der Waals surface area contributed by atoms with Crippen molar-refractivity contribution in [1.82, 2.24) is 0 Å². The van der Waals surface area contributed by atoms with Crippen molar-refractivity contribution >= 4 is 5.78 Å². The molecule has 0 amide bonds. The van der Waals surface area contributed by atoms with Crippen LogP contribution in [0.5, 0.6) is 0 Å². The largest absolute Gasteiger partial charge is 0.393 e. The van der Waals surface area contributed by atoms with Crippen LogP contribution in [-0.2, 0) is 4.79 Å². The highest BCUT2D eigenvalue weighted by Gasteiger charge is 2.60. The second kappa shape index (κ2) is 4.67. The SMILES string of the molecule is C[C@]12CC[C@H]3[C@@H](CCC4=CC(=O)CC(O)[C@@]43C)[C@@H]1CC[C@@H]2O. The first kappa shape index (κ1) is 14.9. The van der Waals surface area contributed by atoms with Crippen molar-refractivity contribution in [2.45, 2.75) is 71.0 Å². The Balaban J connectivity index is 1.72. The summed E-state index contributed by atoms with van der Waals surface area (Å²) in [6.07, 6.45) is 7.71. The summed E-state index contributed by atoms with van der Waals surface area (Å²) in [5.41, 5.74) is 1.06. The predicted octanol–water partition coefficient (Wildman–Crippen LogP) is 2.85. The molecule has 0 heterocycles. The summed E-state index contributed by atoms with van der Waals surface area (Å²) in [7, 11) is 0. The highest BCUT2D eigenvalue weighted by Crippen LogP contribution is 2.65. The molecule has 0 radical (unpaired) electrons. The lowest BCUT2D eigenvalue weighted by molar-refractivity contribution is -0.129. The molecule has 1 unspecified atom stereocenters. The Kier molecular flexibility index (Phi) is 3.16. The van der Waals surface area contributed by atoms with Crippen molar-refractivity contribution < 1.29 is 15.0 Å². The predicted molar refractivity (Wildman–Crippen MR) is 84.1 cm³/mol. The molecule has 0 aromatic rings. The van der Waals surface area contributed by atoms with Gasteiger partial charge in [0.25, 0.3) is 0 Å². The maximum absolute atomic E-state index is 11.8. The fraction of sp³-hybridized carbons (Fsp3) is 0.842. The van der Waals surface area contributed by atoms with Gasteiger partial charge in [-0.05, 0) is 67.8 Å².